The number of aliphatic hydroxyl groups is 1. The van der Waals surface area contributed by atoms with Crippen LogP contribution in [-0.2, 0) is 10.0 Å². The van der Waals surface area contributed by atoms with E-state index in [-0.39, 0.29) is 17.2 Å². The van der Waals surface area contributed by atoms with Gasteiger partial charge in [-0.25, -0.2) is 13.1 Å². The van der Waals surface area contributed by atoms with Gasteiger partial charge in [-0.15, -0.1) is 0 Å². The number of sulfonamides is 1. The van der Waals surface area contributed by atoms with Gasteiger partial charge in [0.25, 0.3) is 0 Å². The molecule has 1 aromatic rings. The van der Waals surface area contributed by atoms with Gasteiger partial charge in [0.05, 0.1) is 22.2 Å². The molecule has 0 amide bonds. The molecule has 102 valence electrons. The van der Waals surface area contributed by atoms with Crippen LogP contribution < -0.4 is 10.5 Å². The van der Waals surface area contributed by atoms with Crippen molar-refractivity contribution >= 4 is 27.3 Å². The number of hydrogen-bond acceptors (Lipinski definition) is 4. The Bertz CT molecular complexity index is 504. The minimum atomic E-state index is -3.69. The summed E-state index contributed by atoms with van der Waals surface area (Å²) in [5.41, 5.74) is 6.45. The van der Waals surface area contributed by atoms with Crippen LogP contribution in [0.4, 0.5) is 5.69 Å². The molecule has 0 aliphatic rings. The summed E-state index contributed by atoms with van der Waals surface area (Å²) in [6.45, 7) is 3.21. The molecule has 0 radical (unpaired) electrons. The first-order valence-corrected chi connectivity index (χ1v) is 7.36. The lowest BCUT2D eigenvalue weighted by Crippen LogP contribution is -2.36. The van der Waals surface area contributed by atoms with Gasteiger partial charge in [0.15, 0.2) is 0 Å². The Balaban J connectivity index is 3.13. The highest BCUT2D eigenvalue weighted by Gasteiger charge is 2.20. The van der Waals surface area contributed by atoms with Gasteiger partial charge in [0.2, 0.25) is 10.0 Å². The van der Waals surface area contributed by atoms with Crippen LogP contribution in [0.25, 0.3) is 0 Å². The lowest BCUT2D eigenvalue weighted by molar-refractivity contribution is 0.254. The molecule has 0 saturated heterocycles. The van der Waals surface area contributed by atoms with Gasteiger partial charge < -0.3 is 10.8 Å². The zero-order valence-electron chi connectivity index (χ0n) is 10.3. The van der Waals surface area contributed by atoms with E-state index >= 15 is 0 Å². The Kier molecular flexibility index (Phi) is 4.98. The van der Waals surface area contributed by atoms with Gasteiger partial charge in [-0.05, 0) is 31.0 Å². The van der Waals surface area contributed by atoms with Crippen LogP contribution in [0.5, 0.6) is 0 Å². The molecule has 0 fully saturated rings. The summed E-state index contributed by atoms with van der Waals surface area (Å²) in [5, 5.41) is 9.37. The summed E-state index contributed by atoms with van der Waals surface area (Å²) in [7, 11) is -3.69. The Hall–Kier alpha value is -0.820. The van der Waals surface area contributed by atoms with Crippen LogP contribution in [0.1, 0.15) is 18.9 Å². The normalized spacial score (nSPS) is 13.6. The van der Waals surface area contributed by atoms with E-state index < -0.39 is 16.1 Å². The molecular weight excluding hydrogens is 276 g/mol. The van der Waals surface area contributed by atoms with Gasteiger partial charge in [-0.3, -0.25) is 0 Å². The fourth-order valence-electron chi connectivity index (χ4n) is 1.46. The number of hydrogen-bond donors (Lipinski definition) is 3. The maximum atomic E-state index is 12.1. The number of nitrogen functional groups attached to an aromatic ring is 1. The first-order valence-electron chi connectivity index (χ1n) is 5.50. The molecule has 1 atom stereocenters. The summed E-state index contributed by atoms with van der Waals surface area (Å²) in [6, 6.07) is 2.25. The van der Waals surface area contributed by atoms with Crippen molar-refractivity contribution in [2.75, 3.05) is 12.3 Å². The van der Waals surface area contributed by atoms with E-state index in [1.54, 1.807) is 13.8 Å². The second kappa shape index (κ2) is 5.88. The number of rotatable bonds is 5. The lowest BCUT2D eigenvalue weighted by Gasteiger charge is -2.15. The van der Waals surface area contributed by atoms with E-state index in [1.807, 2.05) is 0 Å². The Morgan fingerprint density at radius 2 is 2.11 bits per heavy atom. The van der Waals surface area contributed by atoms with E-state index in [0.717, 1.165) is 0 Å². The van der Waals surface area contributed by atoms with Gasteiger partial charge >= 0.3 is 0 Å². The van der Waals surface area contributed by atoms with Gasteiger partial charge in [0, 0.05) is 6.04 Å². The number of halogens is 1. The van der Waals surface area contributed by atoms with Crippen LogP contribution in [0, 0.1) is 6.92 Å². The standard InChI is InChI=1S/C11H17ClN2O3S/c1-3-8(6-15)14-18(16,17)9-4-7(2)11(12)10(13)5-9/h4-5,8,14-15H,3,6,13H2,1-2H3/t8-/m1/s1. The minimum absolute atomic E-state index is 0.0498. The molecule has 0 spiro atoms. The fourth-order valence-corrected chi connectivity index (χ4v) is 2.99. The number of aliphatic hydroxyl groups excluding tert-OH is 1. The molecule has 0 aliphatic carbocycles. The monoisotopic (exact) mass is 292 g/mol. The average Bonchev–Trinajstić information content (AvgIpc) is 2.32. The smallest absolute Gasteiger partial charge is 0.240 e. The number of nitrogens with one attached hydrogen (secondary N) is 1. The highest BCUT2D eigenvalue weighted by atomic mass is 35.5. The molecule has 0 bridgehead atoms. The molecule has 0 heterocycles. The zero-order chi connectivity index (χ0) is 13.9. The first-order chi connectivity index (χ1) is 8.31. The molecule has 5 nitrogen and oxygen atoms in total. The summed E-state index contributed by atoms with van der Waals surface area (Å²) >= 11 is 5.88. The number of benzene rings is 1. The topological polar surface area (TPSA) is 92.4 Å². The Morgan fingerprint density at radius 3 is 2.56 bits per heavy atom. The van der Waals surface area contributed by atoms with E-state index in [9.17, 15) is 8.42 Å². The molecule has 0 aliphatic heterocycles. The summed E-state index contributed by atoms with van der Waals surface area (Å²) < 4.78 is 26.5. The van der Waals surface area contributed by atoms with Crippen molar-refractivity contribution in [3.8, 4) is 0 Å². The zero-order valence-corrected chi connectivity index (χ0v) is 11.8. The fraction of sp³-hybridized carbons (Fsp3) is 0.455. The van der Waals surface area contributed by atoms with Crippen molar-refractivity contribution in [3.63, 3.8) is 0 Å². The van der Waals surface area contributed by atoms with Crippen LogP contribution >= 0.6 is 11.6 Å². The number of anilines is 1. The highest BCUT2D eigenvalue weighted by molar-refractivity contribution is 7.89. The van der Waals surface area contributed by atoms with Crippen molar-refractivity contribution in [2.45, 2.75) is 31.2 Å². The van der Waals surface area contributed by atoms with Crippen LogP contribution in [-0.4, -0.2) is 26.2 Å². The van der Waals surface area contributed by atoms with E-state index in [1.165, 1.54) is 12.1 Å². The molecule has 0 aromatic heterocycles. The molecule has 18 heavy (non-hydrogen) atoms. The van der Waals surface area contributed by atoms with Crippen LogP contribution in [0.3, 0.4) is 0 Å². The lowest BCUT2D eigenvalue weighted by atomic mass is 10.2. The second-order valence-electron chi connectivity index (χ2n) is 4.05. The van der Waals surface area contributed by atoms with Crippen molar-refractivity contribution in [2.24, 2.45) is 0 Å². The van der Waals surface area contributed by atoms with E-state index in [4.69, 9.17) is 22.4 Å². The molecule has 1 aromatic carbocycles. The summed E-state index contributed by atoms with van der Waals surface area (Å²) in [4.78, 5) is 0.0498. The molecule has 7 heteroatoms. The van der Waals surface area contributed by atoms with Crippen molar-refractivity contribution < 1.29 is 13.5 Å². The molecule has 0 saturated carbocycles. The third-order valence-electron chi connectivity index (χ3n) is 2.60. The van der Waals surface area contributed by atoms with Crippen molar-refractivity contribution in [3.05, 3.63) is 22.7 Å². The molecule has 1 rings (SSSR count). The molecule has 0 unspecified atom stereocenters. The van der Waals surface area contributed by atoms with Crippen LogP contribution in [0.15, 0.2) is 17.0 Å². The van der Waals surface area contributed by atoms with Gasteiger partial charge in [-0.2, -0.15) is 0 Å². The van der Waals surface area contributed by atoms with E-state index in [0.29, 0.717) is 17.0 Å². The third-order valence-corrected chi connectivity index (χ3v) is 4.62. The molecular formula is C11H17ClN2O3S. The Morgan fingerprint density at radius 1 is 1.50 bits per heavy atom. The average molecular weight is 293 g/mol. The van der Waals surface area contributed by atoms with E-state index in [2.05, 4.69) is 4.72 Å². The van der Waals surface area contributed by atoms with Crippen molar-refractivity contribution in [1.29, 1.82) is 0 Å². The molecule has 4 N–H and O–H groups in total. The highest BCUT2D eigenvalue weighted by Crippen LogP contribution is 2.26. The maximum Gasteiger partial charge on any atom is 0.240 e. The van der Waals surface area contributed by atoms with Gasteiger partial charge in [0.1, 0.15) is 0 Å². The SMILES string of the molecule is CC[C@H](CO)NS(=O)(=O)c1cc(C)c(Cl)c(N)c1. The first kappa shape index (κ1) is 15.2. The largest absolute Gasteiger partial charge is 0.397 e. The summed E-state index contributed by atoms with van der Waals surface area (Å²) in [5.74, 6) is 0. The predicted molar refractivity (Wildman–Crippen MR) is 72.1 cm³/mol. The quantitative estimate of drug-likeness (QED) is 0.713. The predicted octanol–water partition coefficient (Wildman–Crippen LogP) is 1.28. The van der Waals surface area contributed by atoms with Crippen molar-refractivity contribution in [1.82, 2.24) is 4.72 Å². The second-order valence-corrected chi connectivity index (χ2v) is 6.14. The number of nitrogens with two attached hydrogens (primary N) is 1. The van der Waals surface area contributed by atoms with Gasteiger partial charge in [-0.1, -0.05) is 18.5 Å². The Labute approximate surface area is 112 Å². The third kappa shape index (κ3) is 3.35. The number of aryl methyl sites for hydroxylation is 1. The maximum absolute atomic E-state index is 12.1. The van der Waals surface area contributed by atoms with Crippen LogP contribution in [0.2, 0.25) is 5.02 Å². The summed E-state index contributed by atoms with van der Waals surface area (Å²) in [6.07, 6.45) is 0.498. The minimum Gasteiger partial charge on any atom is -0.397 e.